The van der Waals surface area contributed by atoms with E-state index in [-0.39, 0.29) is 13.0 Å². The van der Waals surface area contributed by atoms with Gasteiger partial charge in [-0.1, -0.05) is 48.0 Å². The molecular weight excluding hydrogens is 336 g/mol. The van der Waals surface area contributed by atoms with Gasteiger partial charge in [-0.15, -0.1) is 0 Å². The van der Waals surface area contributed by atoms with Gasteiger partial charge in [0, 0.05) is 4.47 Å². The molecule has 0 heterocycles. The minimum Gasteiger partial charge on any atom is -0.480 e. The van der Waals surface area contributed by atoms with Crippen LogP contribution in [0.15, 0.2) is 28.7 Å². The molecule has 1 rings (SSSR count). The molecule has 1 aromatic carbocycles. The molecule has 1 atom stereocenters. The number of ether oxygens (including phenoxy) is 1. The average Bonchev–Trinajstić information content (AvgIpc) is 2.41. The van der Waals surface area contributed by atoms with Gasteiger partial charge >= 0.3 is 11.9 Å². The van der Waals surface area contributed by atoms with Gasteiger partial charge in [0.1, 0.15) is 0 Å². The SMILES string of the molecule is CCOC(=O)C(CCC(C)C)(C(=O)O)c1ccccc1Br. The first-order valence-electron chi connectivity index (χ1n) is 7.01. The van der Waals surface area contributed by atoms with E-state index < -0.39 is 17.4 Å². The van der Waals surface area contributed by atoms with E-state index in [4.69, 9.17) is 4.74 Å². The van der Waals surface area contributed by atoms with Crippen LogP contribution in [0.4, 0.5) is 0 Å². The van der Waals surface area contributed by atoms with Crippen LogP contribution in [-0.4, -0.2) is 23.7 Å². The van der Waals surface area contributed by atoms with Crippen molar-refractivity contribution in [2.45, 2.75) is 39.0 Å². The second-order valence-electron chi connectivity index (χ2n) is 5.34. The van der Waals surface area contributed by atoms with Crippen LogP contribution in [0.1, 0.15) is 39.2 Å². The normalized spacial score (nSPS) is 13.8. The first-order valence-corrected chi connectivity index (χ1v) is 7.81. The molecule has 1 N–H and O–H groups in total. The molecule has 0 saturated carbocycles. The van der Waals surface area contributed by atoms with Crippen molar-refractivity contribution in [2.24, 2.45) is 5.92 Å². The lowest BCUT2D eigenvalue weighted by atomic mass is 9.75. The molecule has 0 aromatic heterocycles. The summed E-state index contributed by atoms with van der Waals surface area (Å²) < 4.78 is 5.67. The van der Waals surface area contributed by atoms with Crippen molar-refractivity contribution in [3.63, 3.8) is 0 Å². The molecular formula is C16H21BrO4. The zero-order valence-corrected chi connectivity index (χ0v) is 14.1. The van der Waals surface area contributed by atoms with E-state index in [9.17, 15) is 14.7 Å². The fourth-order valence-electron chi connectivity index (χ4n) is 2.22. The summed E-state index contributed by atoms with van der Waals surface area (Å²) in [6.07, 6.45) is 0.827. The van der Waals surface area contributed by atoms with Crippen LogP contribution in [0.3, 0.4) is 0 Å². The highest BCUT2D eigenvalue weighted by Crippen LogP contribution is 2.37. The van der Waals surface area contributed by atoms with Crippen molar-refractivity contribution < 1.29 is 19.4 Å². The van der Waals surface area contributed by atoms with Crippen molar-refractivity contribution in [3.05, 3.63) is 34.3 Å². The standard InChI is InChI=1S/C16H21BrO4/c1-4-21-15(20)16(14(18)19,10-9-11(2)3)12-7-5-6-8-13(12)17/h5-8,11H,4,9-10H2,1-3H3,(H,18,19). The second-order valence-corrected chi connectivity index (χ2v) is 6.20. The van der Waals surface area contributed by atoms with E-state index in [0.29, 0.717) is 22.4 Å². The molecule has 0 amide bonds. The summed E-state index contributed by atoms with van der Waals surface area (Å²) in [5.41, 5.74) is -1.22. The third-order valence-corrected chi connectivity index (χ3v) is 4.11. The number of benzene rings is 1. The van der Waals surface area contributed by atoms with Gasteiger partial charge in [-0.05, 0) is 37.3 Å². The number of aliphatic carboxylic acids is 1. The highest BCUT2D eigenvalue weighted by atomic mass is 79.9. The zero-order chi connectivity index (χ0) is 16.0. The lowest BCUT2D eigenvalue weighted by molar-refractivity contribution is -0.162. The molecule has 4 nitrogen and oxygen atoms in total. The molecule has 0 spiro atoms. The Bertz CT molecular complexity index is 513. The largest absolute Gasteiger partial charge is 0.480 e. The highest BCUT2D eigenvalue weighted by molar-refractivity contribution is 9.10. The van der Waals surface area contributed by atoms with Crippen LogP contribution >= 0.6 is 15.9 Å². The molecule has 0 aliphatic carbocycles. The Morgan fingerprint density at radius 3 is 2.43 bits per heavy atom. The average molecular weight is 357 g/mol. The molecule has 0 bridgehead atoms. The number of rotatable bonds is 7. The van der Waals surface area contributed by atoms with Crippen LogP contribution in [0.2, 0.25) is 0 Å². The number of hydrogen-bond donors (Lipinski definition) is 1. The number of carboxylic acid groups (broad SMARTS) is 1. The van der Waals surface area contributed by atoms with E-state index >= 15 is 0 Å². The topological polar surface area (TPSA) is 63.6 Å². The zero-order valence-electron chi connectivity index (χ0n) is 12.6. The molecule has 1 aromatic rings. The van der Waals surface area contributed by atoms with Crippen LogP contribution < -0.4 is 0 Å². The van der Waals surface area contributed by atoms with Gasteiger partial charge in [-0.2, -0.15) is 0 Å². The number of esters is 1. The summed E-state index contributed by atoms with van der Waals surface area (Å²) >= 11 is 3.36. The van der Waals surface area contributed by atoms with Gasteiger partial charge in [0.15, 0.2) is 5.41 Å². The molecule has 21 heavy (non-hydrogen) atoms. The predicted octanol–water partition coefficient (Wildman–Crippen LogP) is 3.77. The Morgan fingerprint density at radius 2 is 1.95 bits per heavy atom. The number of carbonyl (C=O) groups excluding carboxylic acids is 1. The van der Waals surface area contributed by atoms with Crippen molar-refractivity contribution in [1.29, 1.82) is 0 Å². The fourth-order valence-corrected chi connectivity index (χ4v) is 2.85. The van der Waals surface area contributed by atoms with Gasteiger partial charge in [0.25, 0.3) is 0 Å². The molecule has 1 unspecified atom stereocenters. The molecule has 0 fully saturated rings. The van der Waals surface area contributed by atoms with Crippen LogP contribution in [0, 0.1) is 5.92 Å². The smallest absolute Gasteiger partial charge is 0.328 e. The van der Waals surface area contributed by atoms with Crippen molar-refractivity contribution >= 4 is 27.9 Å². The summed E-state index contributed by atoms with van der Waals surface area (Å²) in [7, 11) is 0. The van der Waals surface area contributed by atoms with Crippen molar-refractivity contribution in [3.8, 4) is 0 Å². The maximum Gasteiger partial charge on any atom is 0.328 e. The summed E-state index contributed by atoms with van der Waals surface area (Å²) in [6, 6.07) is 6.91. The number of halogens is 1. The van der Waals surface area contributed by atoms with E-state index in [1.165, 1.54) is 0 Å². The number of carboxylic acids is 1. The summed E-state index contributed by atoms with van der Waals surface area (Å²) in [6.45, 7) is 5.82. The van der Waals surface area contributed by atoms with Crippen LogP contribution in [0.5, 0.6) is 0 Å². The number of carbonyl (C=O) groups is 2. The third-order valence-electron chi connectivity index (χ3n) is 3.42. The maximum atomic E-state index is 12.4. The number of hydrogen-bond acceptors (Lipinski definition) is 3. The Morgan fingerprint density at radius 1 is 1.33 bits per heavy atom. The summed E-state index contributed by atoms with van der Waals surface area (Å²) in [4.78, 5) is 24.4. The first kappa shape index (κ1) is 17.7. The third kappa shape index (κ3) is 3.84. The Balaban J connectivity index is 3.40. The maximum absolute atomic E-state index is 12.4. The van der Waals surface area contributed by atoms with E-state index in [1.54, 1.807) is 31.2 Å². The lowest BCUT2D eigenvalue weighted by Crippen LogP contribution is -2.45. The van der Waals surface area contributed by atoms with Crippen molar-refractivity contribution in [1.82, 2.24) is 0 Å². The van der Waals surface area contributed by atoms with Crippen LogP contribution in [0.25, 0.3) is 0 Å². The predicted molar refractivity (Wildman–Crippen MR) is 84.2 cm³/mol. The molecule has 5 heteroatoms. The summed E-state index contributed by atoms with van der Waals surface area (Å²) in [5.74, 6) is -1.58. The van der Waals surface area contributed by atoms with Crippen molar-refractivity contribution in [2.75, 3.05) is 6.61 Å². The van der Waals surface area contributed by atoms with Crippen LogP contribution in [-0.2, 0) is 19.7 Å². The molecule has 0 aliphatic heterocycles. The molecule has 116 valence electrons. The second kappa shape index (κ2) is 7.59. The molecule has 0 aliphatic rings. The van der Waals surface area contributed by atoms with E-state index in [0.717, 1.165) is 0 Å². The minimum absolute atomic E-state index is 0.153. The van der Waals surface area contributed by atoms with Gasteiger partial charge in [-0.3, -0.25) is 9.59 Å². The van der Waals surface area contributed by atoms with Gasteiger partial charge in [0.2, 0.25) is 0 Å². The monoisotopic (exact) mass is 356 g/mol. The fraction of sp³-hybridized carbons (Fsp3) is 0.500. The van der Waals surface area contributed by atoms with Gasteiger partial charge < -0.3 is 9.84 Å². The molecule has 0 radical (unpaired) electrons. The first-order chi connectivity index (χ1) is 9.86. The van der Waals surface area contributed by atoms with Gasteiger partial charge in [0.05, 0.1) is 6.61 Å². The minimum atomic E-state index is -1.67. The Kier molecular flexibility index (Phi) is 6.40. The van der Waals surface area contributed by atoms with E-state index in [1.807, 2.05) is 13.8 Å². The quantitative estimate of drug-likeness (QED) is 0.596. The summed E-state index contributed by atoms with van der Waals surface area (Å²) in [5, 5.41) is 9.79. The Hall–Kier alpha value is -1.36. The van der Waals surface area contributed by atoms with E-state index in [2.05, 4.69) is 15.9 Å². The Labute approximate surface area is 133 Å². The highest BCUT2D eigenvalue weighted by Gasteiger charge is 2.50. The molecule has 0 saturated heterocycles. The van der Waals surface area contributed by atoms with Gasteiger partial charge in [-0.25, -0.2) is 0 Å². The lowest BCUT2D eigenvalue weighted by Gasteiger charge is -2.29.